The van der Waals surface area contributed by atoms with E-state index in [1.807, 2.05) is 12.1 Å². The van der Waals surface area contributed by atoms with Crippen LogP contribution in [0.15, 0.2) is 47.1 Å². The van der Waals surface area contributed by atoms with Crippen LogP contribution in [-0.4, -0.2) is 6.54 Å². The van der Waals surface area contributed by atoms with Crippen LogP contribution in [0.1, 0.15) is 16.9 Å². The van der Waals surface area contributed by atoms with Gasteiger partial charge in [-0.2, -0.15) is 13.2 Å². The SMILES string of the molecule is FC(F)(F)c1cccc(CNCCc2ccco2)c1. The first kappa shape index (κ1) is 13.7. The molecule has 0 aliphatic rings. The molecule has 0 radical (unpaired) electrons. The molecule has 0 saturated heterocycles. The van der Waals surface area contributed by atoms with Crippen LogP contribution >= 0.6 is 0 Å². The molecule has 1 aromatic heterocycles. The van der Waals surface area contributed by atoms with Crippen molar-refractivity contribution in [1.29, 1.82) is 0 Å². The van der Waals surface area contributed by atoms with Crippen molar-refractivity contribution in [3.63, 3.8) is 0 Å². The summed E-state index contributed by atoms with van der Waals surface area (Å²) in [6.07, 6.45) is -1.97. The zero-order chi connectivity index (χ0) is 13.7. The Morgan fingerprint density at radius 2 is 1.95 bits per heavy atom. The normalized spacial score (nSPS) is 11.7. The molecule has 0 aliphatic carbocycles. The van der Waals surface area contributed by atoms with Crippen LogP contribution in [0.4, 0.5) is 13.2 Å². The Bertz CT molecular complexity index is 506. The molecule has 2 rings (SSSR count). The molecule has 5 heteroatoms. The van der Waals surface area contributed by atoms with E-state index in [0.29, 0.717) is 25.1 Å². The van der Waals surface area contributed by atoms with Gasteiger partial charge < -0.3 is 9.73 Å². The Labute approximate surface area is 109 Å². The Morgan fingerprint density at radius 1 is 1.11 bits per heavy atom. The van der Waals surface area contributed by atoms with Gasteiger partial charge in [0.1, 0.15) is 5.76 Å². The molecule has 1 aromatic carbocycles. The molecule has 1 heterocycles. The summed E-state index contributed by atoms with van der Waals surface area (Å²) in [5.74, 6) is 0.858. The fourth-order valence-corrected chi connectivity index (χ4v) is 1.76. The van der Waals surface area contributed by atoms with Crippen molar-refractivity contribution in [3.8, 4) is 0 Å². The van der Waals surface area contributed by atoms with Crippen molar-refractivity contribution >= 4 is 0 Å². The van der Waals surface area contributed by atoms with E-state index >= 15 is 0 Å². The highest BCUT2D eigenvalue weighted by molar-refractivity contribution is 5.25. The van der Waals surface area contributed by atoms with Crippen molar-refractivity contribution in [3.05, 3.63) is 59.5 Å². The molecule has 1 N–H and O–H groups in total. The largest absolute Gasteiger partial charge is 0.469 e. The minimum atomic E-state index is -4.29. The quantitative estimate of drug-likeness (QED) is 0.838. The minimum absolute atomic E-state index is 0.407. The highest BCUT2D eigenvalue weighted by Crippen LogP contribution is 2.29. The first-order chi connectivity index (χ1) is 9.05. The second kappa shape index (κ2) is 5.93. The number of nitrogens with one attached hydrogen (secondary N) is 1. The number of hydrogen-bond acceptors (Lipinski definition) is 2. The zero-order valence-electron chi connectivity index (χ0n) is 10.2. The van der Waals surface area contributed by atoms with Crippen LogP contribution in [0.25, 0.3) is 0 Å². The number of furan rings is 1. The number of halogens is 3. The van der Waals surface area contributed by atoms with Gasteiger partial charge in [0, 0.05) is 19.5 Å². The maximum Gasteiger partial charge on any atom is 0.416 e. The van der Waals surface area contributed by atoms with Gasteiger partial charge in [-0.05, 0) is 23.8 Å². The summed E-state index contributed by atoms with van der Waals surface area (Å²) in [6, 6.07) is 9.02. The lowest BCUT2D eigenvalue weighted by atomic mass is 10.1. The summed E-state index contributed by atoms with van der Waals surface area (Å²) in [6.45, 7) is 1.06. The van der Waals surface area contributed by atoms with Crippen LogP contribution in [-0.2, 0) is 19.1 Å². The standard InChI is InChI=1S/C14H14F3NO/c15-14(16,17)12-4-1-3-11(9-12)10-18-7-6-13-5-2-8-19-13/h1-5,8-9,18H,6-7,10H2. The van der Waals surface area contributed by atoms with Gasteiger partial charge in [0.05, 0.1) is 11.8 Å². The fourth-order valence-electron chi connectivity index (χ4n) is 1.76. The molecule has 0 atom stereocenters. The summed E-state index contributed by atoms with van der Waals surface area (Å²) < 4.78 is 42.7. The lowest BCUT2D eigenvalue weighted by Gasteiger charge is -2.09. The third kappa shape index (κ3) is 4.13. The first-order valence-corrected chi connectivity index (χ1v) is 5.95. The number of hydrogen-bond donors (Lipinski definition) is 1. The number of benzene rings is 1. The molecule has 0 unspecified atom stereocenters. The molecule has 102 valence electrons. The Morgan fingerprint density at radius 3 is 2.63 bits per heavy atom. The molecule has 0 spiro atoms. The topological polar surface area (TPSA) is 25.2 Å². The molecule has 0 fully saturated rings. The van der Waals surface area contributed by atoms with Crippen molar-refractivity contribution in [2.45, 2.75) is 19.1 Å². The van der Waals surface area contributed by atoms with Crippen molar-refractivity contribution in [2.75, 3.05) is 6.54 Å². The van der Waals surface area contributed by atoms with Gasteiger partial charge >= 0.3 is 6.18 Å². The molecule has 2 nitrogen and oxygen atoms in total. The predicted octanol–water partition coefficient (Wildman–Crippen LogP) is 3.63. The van der Waals surface area contributed by atoms with E-state index in [1.54, 1.807) is 12.3 Å². The monoisotopic (exact) mass is 269 g/mol. The second-order valence-corrected chi connectivity index (χ2v) is 4.20. The van der Waals surface area contributed by atoms with E-state index in [0.717, 1.165) is 11.8 Å². The van der Waals surface area contributed by atoms with Gasteiger partial charge in [-0.25, -0.2) is 0 Å². The minimum Gasteiger partial charge on any atom is -0.469 e. The van der Waals surface area contributed by atoms with E-state index < -0.39 is 11.7 Å². The predicted molar refractivity (Wildman–Crippen MR) is 65.6 cm³/mol. The molecule has 0 aliphatic heterocycles. The first-order valence-electron chi connectivity index (χ1n) is 5.95. The van der Waals surface area contributed by atoms with Crippen LogP contribution in [0.3, 0.4) is 0 Å². The maximum absolute atomic E-state index is 12.5. The van der Waals surface area contributed by atoms with Gasteiger partial charge in [0.2, 0.25) is 0 Å². The summed E-state index contributed by atoms with van der Waals surface area (Å²) >= 11 is 0. The van der Waals surface area contributed by atoms with Gasteiger partial charge in [-0.3, -0.25) is 0 Å². The zero-order valence-corrected chi connectivity index (χ0v) is 10.2. The van der Waals surface area contributed by atoms with Crippen molar-refractivity contribution in [2.24, 2.45) is 0 Å². The Kier molecular flexibility index (Phi) is 4.27. The lowest BCUT2D eigenvalue weighted by Crippen LogP contribution is -2.17. The Hall–Kier alpha value is -1.75. The highest BCUT2D eigenvalue weighted by atomic mass is 19.4. The van der Waals surface area contributed by atoms with Gasteiger partial charge in [-0.1, -0.05) is 18.2 Å². The summed E-state index contributed by atoms with van der Waals surface area (Å²) in [7, 11) is 0. The second-order valence-electron chi connectivity index (χ2n) is 4.20. The average Bonchev–Trinajstić information content (AvgIpc) is 2.87. The molecular formula is C14H14F3NO. The van der Waals surface area contributed by atoms with Crippen LogP contribution in [0.2, 0.25) is 0 Å². The molecule has 2 aromatic rings. The Balaban J connectivity index is 1.83. The van der Waals surface area contributed by atoms with Crippen molar-refractivity contribution in [1.82, 2.24) is 5.32 Å². The van der Waals surface area contributed by atoms with Gasteiger partial charge in [-0.15, -0.1) is 0 Å². The summed E-state index contributed by atoms with van der Waals surface area (Å²) in [5.41, 5.74) is 0.00658. The van der Waals surface area contributed by atoms with Crippen LogP contribution in [0.5, 0.6) is 0 Å². The number of alkyl halides is 3. The van der Waals surface area contributed by atoms with Crippen LogP contribution < -0.4 is 5.32 Å². The molecular weight excluding hydrogens is 255 g/mol. The third-order valence-electron chi connectivity index (χ3n) is 2.71. The van der Waals surface area contributed by atoms with E-state index in [4.69, 9.17) is 4.42 Å². The summed E-state index contributed by atoms with van der Waals surface area (Å²) in [4.78, 5) is 0. The van der Waals surface area contributed by atoms with E-state index in [-0.39, 0.29) is 0 Å². The molecule has 19 heavy (non-hydrogen) atoms. The molecule has 0 bridgehead atoms. The maximum atomic E-state index is 12.5. The average molecular weight is 269 g/mol. The van der Waals surface area contributed by atoms with E-state index in [9.17, 15) is 13.2 Å². The van der Waals surface area contributed by atoms with Crippen molar-refractivity contribution < 1.29 is 17.6 Å². The van der Waals surface area contributed by atoms with Gasteiger partial charge in [0.25, 0.3) is 0 Å². The molecule has 0 saturated carbocycles. The lowest BCUT2D eigenvalue weighted by molar-refractivity contribution is -0.137. The van der Waals surface area contributed by atoms with E-state index in [2.05, 4.69) is 5.32 Å². The molecule has 0 amide bonds. The fraction of sp³-hybridized carbons (Fsp3) is 0.286. The third-order valence-corrected chi connectivity index (χ3v) is 2.71. The van der Waals surface area contributed by atoms with E-state index in [1.165, 1.54) is 12.1 Å². The highest BCUT2D eigenvalue weighted by Gasteiger charge is 2.30. The van der Waals surface area contributed by atoms with Crippen LogP contribution in [0, 0.1) is 0 Å². The smallest absolute Gasteiger partial charge is 0.416 e. The summed E-state index contributed by atoms with van der Waals surface area (Å²) in [5, 5.41) is 3.09. The number of rotatable bonds is 5. The van der Waals surface area contributed by atoms with Gasteiger partial charge in [0.15, 0.2) is 0 Å².